The van der Waals surface area contributed by atoms with Crippen LogP contribution in [0.4, 0.5) is 0 Å². The van der Waals surface area contributed by atoms with E-state index in [0.717, 1.165) is 0 Å². The van der Waals surface area contributed by atoms with Gasteiger partial charge in [-0.1, -0.05) is 41.4 Å². The van der Waals surface area contributed by atoms with Crippen LogP contribution in [0.25, 0.3) is 5.76 Å². The number of para-hydroxylation sites is 1. The maximum Gasteiger partial charge on any atom is 0.296 e. The summed E-state index contributed by atoms with van der Waals surface area (Å²) < 4.78 is 10.8. The molecule has 1 aliphatic rings. The second-order valence-corrected chi connectivity index (χ2v) is 7.69. The Labute approximate surface area is 188 Å². The van der Waals surface area contributed by atoms with Gasteiger partial charge in [-0.15, -0.1) is 0 Å². The van der Waals surface area contributed by atoms with Crippen molar-refractivity contribution in [3.63, 3.8) is 0 Å². The maximum absolute atomic E-state index is 13.1. The van der Waals surface area contributed by atoms with Crippen LogP contribution in [0.2, 0.25) is 10.0 Å². The third kappa shape index (κ3) is 3.80. The highest BCUT2D eigenvalue weighted by atomic mass is 35.5. The fourth-order valence-corrected chi connectivity index (χ4v) is 3.93. The normalized spacial score (nSPS) is 17.9. The van der Waals surface area contributed by atoms with Crippen molar-refractivity contribution in [2.75, 3.05) is 7.11 Å². The summed E-state index contributed by atoms with van der Waals surface area (Å²) in [6, 6.07) is 14.0. The first kappa shape index (κ1) is 21.0. The molecule has 6 nitrogen and oxygen atoms in total. The third-order valence-corrected chi connectivity index (χ3v) is 5.81. The van der Waals surface area contributed by atoms with Gasteiger partial charge in [0.05, 0.1) is 41.6 Å². The molecule has 1 fully saturated rings. The van der Waals surface area contributed by atoms with Crippen molar-refractivity contribution in [1.82, 2.24) is 4.90 Å². The molecular formula is C23H17Cl2NO5. The number of amides is 1. The monoisotopic (exact) mass is 457 g/mol. The number of carbonyl (C=O) groups excluding carboxylic acids is 2. The lowest BCUT2D eigenvalue weighted by Gasteiger charge is -2.25. The quantitative estimate of drug-likeness (QED) is 0.322. The van der Waals surface area contributed by atoms with Crippen molar-refractivity contribution in [2.24, 2.45) is 0 Å². The number of halogens is 2. The zero-order valence-corrected chi connectivity index (χ0v) is 17.9. The van der Waals surface area contributed by atoms with E-state index in [4.69, 9.17) is 32.4 Å². The van der Waals surface area contributed by atoms with E-state index >= 15 is 0 Å². The summed E-state index contributed by atoms with van der Waals surface area (Å²) in [5, 5.41) is 11.6. The smallest absolute Gasteiger partial charge is 0.296 e. The Balaban J connectivity index is 1.92. The van der Waals surface area contributed by atoms with E-state index in [2.05, 4.69) is 0 Å². The van der Waals surface area contributed by atoms with Gasteiger partial charge in [-0.25, -0.2) is 0 Å². The van der Waals surface area contributed by atoms with E-state index in [0.29, 0.717) is 22.1 Å². The van der Waals surface area contributed by atoms with E-state index in [-0.39, 0.29) is 28.5 Å². The number of benzene rings is 2. The van der Waals surface area contributed by atoms with E-state index in [1.165, 1.54) is 36.5 Å². The molecule has 158 valence electrons. The van der Waals surface area contributed by atoms with Crippen molar-refractivity contribution in [2.45, 2.75) is 12.6 Å². The van der Waals surface area contributed by atoms with E-state index in [1.807, 2.05) is 0 Å². The number of Topliss-reactive ketones (excluding diaryl/α,β-unsaturated/α-hetero) is 1. The minimum atomic E-state index is -0.893. The molecule has 0 aliphatic carbocycles. The number of ether oxygens (including phenoxy) is 1. The number of furan rings is 1. The van der Waals surface area contributed by atoms with Gasteiger partial charge in [0.25, 0.3) is 11.7 Å². The molecule has 1 aromatic heterocycles. The molecule has 0 radical (unpaired) electrons. The SMILES string of the molecule is COc1ccccc1C1/C(=C(\O)c2ccc(Cl)c(Cl)c2)C(=O)C(=O)N1Cc1ccco1. The van der Waals surface area contributed by atoms with Crippen LogP contribution in [0.3, 0.4) is 0 Å². The Kier molecular flexibility index (Phi) is 5.76. The second kappa shape index (κ2) is 8.49. The molecule has 4 rings (SSSR count). The first-order chi connectivity index (χ1) is 14.9. The molecule has 1 saturated heterocycles. The Morgan fingerprint density at radius 1 is 1.10 bits per heavy atom. The molecule has 1 unspecified atom stereocenters. The van der Waals surface area contributed by atoms with Crippen LogP contribution in [0.15, 0.2) is 70.9 Å². The minimum Gasteiger partial charge on any atom is -0.507 e. The number of carbonyl (C=O) groups is 2. The van der Waals surface area contributed by atoms with Crippen molar-refractivity contribution in [1.29, 1.82) is 0 Å². The van der Waals surface area contributed by atoms with Gasteiger partial charge in [0, 0.05) is 11.1 Å². The molecule has 2 aromatic carbocycles. The molecule has 1 atom stereocenters. The zero-order valence-electron chi connectivity index (χ0n) is 16.3. The molecule has 2 heterocycles. The topological polar surface area (TPSA) is 80.0 Å². The number of hydrogen-bond acceptors (Lipinski definition) is 5. The second-order valence-electron chi connectivity index (χ2n) is 6.88. The largest absolute Gasteiger partial charge is 0.507 e. The van der Waals surface area contributed by atoms with E-state index in [1.54, 1.807) is 36.4 Å². The van der Waals surface area contributed by atoms with Gasteiger partial charge in [0.1, 0.15) is 17.3 Å². The summed E-state index contributed by atoms with van der Waals surface area (Å²) in [6.45, 7) is 0.0401. The van der Waals surface area contributed by atoms with Crippen molar-refractivity contribution in [3.05, 3.63) is 93.4 Å². The van der Waals surface area contributed by atoms with Crippen LogP contribution in [0, 0.1) is 0 Å². The highest BCUT2D eigenvalue weighted by molar-refractivity contribution is 6.46. The number of ketones is 1. The summed E-state index contributed by atoms with van der Waals surface area (Å²) in [7, 11) is 1.50. The van der Waals surface area contributed by atoms with Gasteiger partial charge in [0.15, 0.2) is 0 Å². The molecule has 31 heavy (non-hydrogen) atoms. The zero-order chi connectivity index (χ0) is 22.1. The summed E-state index contributed by atoms with van der Waals surface area (Å²) >= 11 is 12.1. The summed E-state index contributed by atoms with van der Waals surface area (Å²) in [6.07, 6.45) is 1.49. The van der Waals surface area contributed by atoms with Gasteiger partial charge in [0.2, 0.25) is 0 Å². The predicted octanol–water partition coefficient (Wildman–Crippen LogP) is 5.22. The minimum absolute atomic E-state index is 0.0401. The number of likely N-dealkylation sites (tertiary alicyclic amines) is 1. The highest BCUT2D eigenvalue weighted by Gasteiger charge is 2.47. The molecule has 1 aliphatic heterocycles. The predicted molar refractivity (Wildman–Crippen MR) is 116 cm³/mol. The maximum atomic E-state index is 13.1. The molecule has 0 bridgehead atoms. The lowest BCUT2D eigenvalue weighted by Crippen LogP contribution is -2.29. The lowest BCUT2D eigenvalue weighted by molar-refractivity contribution is -0.140. The van der Waals surface area contributed by atoms with Crippen LogP contribution < -0.4 is 4.74 Å². The Hall–Kier alpha value is -3.22. The third-order valence-electron chi connectivity index (χ3n) is 5.07. The average Bonchev–Trinajstić information content (AvgIpc) is 3.37. The van der Waals surface area contributed by atoms with Crippen molar-refractivity contribution in [3.8, 4) is 5.75 Å². The molecule has 1 N–H and O–H groups in total. The first-order valence-corrected chi connectivity index (χ1v) is 10.1. The fourth-order valence-electron chi connectivity index (χ4n) is 3.63. The van der Waals surface area contributed by atoms with Gasteiger partial charge in [-0.3, -0.25) is 9.59 Å². The Morgan fingerprint density at radius 2 is 1.87 bits per heavy atom. The number of aliphatic hydroxyl groups excluding tert-OH is 1. The lowest BCUT2D eigenvalue weighted by atomic mass is 9.94. The number of rotatable bonds is 5. The molecular weight excluding hydrogens is 441 g/mol. The first-order valence-electron chi connectivity index (χ1n) is 9.31. The number of hydrogen-bond donors (Lipinski definition) is 1. The standard InChI is InChI=1S/C23H17Cl2NO5/c1-30-18-7-3-2-6-15(18)20-19(21(27)13-8-9-16(24)17(25)11-13)22(28)23(29)26(20)12-14-5-4-10-31-14/h2-11,20,27H,12H2,1H3/b21-19+. The average molecular weight is 458 g/mol. The van der Waals surface area contributed by atoms with Crippen molar-refractivity contribution < 1.29 is 23.8 Å². The molecule has 0 spiro atoms. The van der Waals surface area contributed by atoms with E-state index in [9.17, 15) is 14.7 Å². The number of nitrogens with zero attached hydrogens (tertiary/aromatic N) is 1. The number of methoxy groups -OCH3 is 1. The Bertz CT molecular complexity index is 1190. The number of aliphatic hydroxyl groups is 1. The fraction of sp³-hybridized carbons (Fsp3) is 0.130. The molecule has 0 saturated carbocycles. The van der Waals surface area contributed by atoms with Gasteiger partial charge < -0.3 is 19.2 Å². The van der Waals surface area contributed by atoms with Crippen molar-refractivity contribution >= 4 is 40.7 Å². The summed E-state index contributed by atoms with van der Waals surface area (Å²) in [5.41, 5.74) is 0.752. The molecule has 8 heteroatoms. The highest BCUT2D eigenvalue weighted by Crippen LogP contribution is 2.43. The molecule has 1 amide bonds. The summed E-state index contributed by atoms with van der Waals surface area (Å²) in [5.74, 6) is -0.954. The van der Waals surface area contributed by atoms with Gasteiger partial charge >= 0.3 is 0 Å². The van der Waals surface area contributed by atoms with Crippen LogP contribution >= 0.6 is 23.2 Å². The van der Waals surface area contributed by atoms with Gasteiger partial charge in [-0.2, -0.15) is 0 Å². The molecule has 3 aromatic rings. The Morgan fingerprint density at radius 3 is 2.55 bits per heavy atom. The van der Waals surface area contributed by atoms with Crippen LogP contribution in [0.5, 0.6) is 5.75 Å². The summed E-state index contributed by atoms with van der Waals surface area (Å²) in [4.78, 5) is 27.4. The van der Waals surface area contributed by atoms with Crippen LogP contribution in [0.1, 0.15) is 22.9 Å². The van der Waals surface area contributed by atoms with Crippen LogP contribution in [-0.2, 0) is 16.1 Å². The van der Waals surface area contributed by atoms with E-state index < -0.39 is 17.7 Å². The van der Waals surface area contributed by atoms with Crippen LogP contribution in [-0.4, -0.2) is 28.8 Å². The van der Waals surface area contributed by atoms with Gasteiger partial charge in [-0.05, 0) is 36.4 Å².